The zero-order chi connectivity index (χ0) is 17.2. The molecule has 0 atom stereocenters. The van der Waals surface area contributed by atoms with Crippen LogP contribution >= 0.6 is 0 Å². The molecule has 1 aromatic carbocycles. The van der Waals surface area contributed by atoms with Gasteiger partial charge in [0.05, 0.1) is 0 Å². The SMILES string of the molecule is CCN(CC)CCNC(=O)c1ccc(OCc2cccnc2)cc1. The molecule has 0 fully saturated rings. The Morgan fingerprint density at radius 3 is 2.54 bits per heavy atom. The van der Waals surface area contributed by atoms with Gasteiger partial charge in [0.15, 0.2) is 0 Å². The first-order valence-corrected chi connectivity index (χ1v) is 8.35. The van der Waals surface area contributed by atoms with E-state index in [0.717, 1.165) is 30.9 Å². The number of hydrogen-bond donors (Lipinski definition) is 1. The van der Waals surface area contributed by atoms with Crippen LogP contribution in [-0.4, -0.2) is 42.0 Å². The largest absolute Gasteiger partial charge is 0.489 e. The summed E-state index contributed by atoms with van der Waals surface area (Å²) < 4.78 is 5.69. The summed E-state index contributed by atoms with van der Waals surface area (Å²) in [6, 6.07) is 11.0. The number of amides is 1. The maximum absolute atomic E-state index is 12.1. The van der Waals surface area contributed by atoms with Gasteiger partial charge >= 0.3 is 0 Å². The minimum absolute atomic E-state index is 0.0547. The molecule has 2 rings (SSSR count). The number of aromatic nitrogens is 1. The van der Waals surface area contributed by atoms with Crippen molar-refractivity contribution in [3.05, 3.63) is 59.9 Å². The smallest absolute Gasteiger partial charge is 0.251 e. The molecule has 0 aliphatic carbocycles. The van der Waals surface area contributed by atoms with Gasteiger partial charge in [-0.25, -0.2) is 0 Å². The molecule has 1 aromatic heterocycles. The Balaban J connectivity index is 1.79. The van der Waals surface area contributed by atoms with Gasteiger partial charge in [-0.1, -0.05) is 19.9 Å². The topological polar surface area (TPSA) is 54.5 Å². The summed E-state index contributed by atoms with van der Waals surface area (Å²) in [7, 11) is 0. The average molecular weight is 327 g/mol. The van der Waals surface area contributed by atoms with Crippen molar-refractivity contribution in [2.75, 3.05) is 26.2 Å². The first kappa shape index (κ1) is 17.9. The molecule has 0 saturated heterocycles. The van der Waals surface area contributed by atoms with E-state index in [-0.39, 0.29) is 5.91 Å². The Hall–Kier alpha value is -2.40. The minimum atomic E-state index is -0.0547. The third kappa shape index (κ3) is 5.66. The molecule has 24 heavy (non-hydrogen) atoms. The van der Waals surface area contributed by atoms with Crippen LogP contribution in [0.4, 0.5) is 0 Å². The number of likely N-dealkylation sites (N-methyl/N-ethyl adjacent to an activating group) is 1. The Labute approximate surface area is 143 Å². The molecule has 5 heteroatoms. The molecule has 2 aromatic rings. The van der Waals surface area contributed by atoms with E-state index in [2.05, 4.69) is 29.0 Å². The molecule has 128 valence electrons. The Kier molecular flexibility index (Phi) is 7.23. The van der Waals surface area contributed by atoms with Gasteiger partial charge in [0.1, 0.15) is 12.4 Å². The highest BCUT2D eigenvalue weighted by Gasteiger charge is 2.06. The quantitative estimate of drug-likeness (QED) is 0.769. The van der Waals surface area contributed by atoms with Crippen LogP contribution in [0.2, 0.25) is 0 Å². The molecular formula is C19H25N3O2. The summed E-state index contributed by atoms with van der Waals surface area (Å²) in [6.45, 7) is 8.21. The normalized spacial score (nSPS) is 10.6. The molecular weight excluding hydrogens is 302 g/mol. The molecule has 0 bridgehead atoms. The van der Waals surface area contributed by atoms with Crippen molar-refractivity contribution in [1.82, 2.24) is 15.2 Å². The Morgan fingerprint density at radius 2 is 1.92 bits per heavy atom. The van der Waals surface area contributed by atoms with Crippen molar-refractivity contribution in [3.8, 4) is 5.75 Å². The minimum Gasteiger partial charge on any atom is -0.489 e. The summed E-state index contributed by atoms with van der Waals surface area (Å²) >= 11 is 0. The van der Waals surface area contributed by atoms with Gasteiger partial charge in [0.2, 0.25) is 0 Å². The second kappa shape index (κ2) is 9.67. The maximum Gasteiger partial charge on any atom is 0.251 e. The predicted molar refractivity (Wildman–Crippen MR) is 95.1 cm³/mol. The van der Waals surface area contributed by atoms with Crippen LogP contribution in [0.1, 0.15) is 29.8 Å². The highest BCUT2D eigenvalue weighted by atomic mass is 16.5. The van der Waals surface area contributed by atoms with E-state index in [1.807, 2.05) is 24.3 Å². The van der Waals surface area contributed by atoms with E-state index < -0.39 is 0 Å². The van der Waals surface area contributed by atoms with Crippen molar-refractivity contribution in [3.63, 3.8) is 0 Å². The van der Waals surface area contributed by atoms with E-state index in [1.165, 1.54) is 0 Å². The third-order valence-electron chi connectivity index (χ3n) is 3.85. The van der Waals surface area contributed by atoms with E-state index in [4.69, 9.17) is 4.74 Å². The number of carbonyl (C=O) groups is 1. The van der Waals surface area contributed by atoms with Crippen LogP contribution in [0.5, 0.6) is 5.75 Å². The Morgan fingerprint density at radius 1 is 1.17 bits per heavy atom. The molecule has 0 aliphatic rings. The van der Waals surface area contributed by atoms with Crippen LogP contribution in [-0.2, 0) is 6.61 Å². The number of nitrogens with one attached hydrogen (secondary N) is 1. The summed E-state index contributed by atoms with van der Waals surface area (Å²) in [5, 5.41) is 2.95. The first-order chi connectivity index (χ1) is 11.7. The molecule has 1 amide bonds. The number of nitrogens with zero attached hydrogens (tertiary/aromatic N) is 2. The number of ether oxygens (including phenoxy) is 1. The van der Waals surface area contributed by atoms with Gasteiger partial charge in [-0.2, -0.15) is 0 Å². The molecule has 1 heterocycles. The van der Waals surface area contributed by atoms with Crippen molar-refractivity contribution < 1.29 is 9.53 Å². The number of carbonyl (C=O) groups excluding carboxylic acids is 1. The molecule has 5 nitrogen and oxygen atoms in total. The first-order valence-electron chi connectivity index (χ1n) is 8.35. The van der Waals surface area contributed by atoms with E-state index in [9.17, 15) is 4.79 Å². The van der Waals surface area contributed by atoms with E-state index in [1.54, 1.807) is 24.5 Å². The van der Waals surface area contributed by atoms with Crippen molar-refractivity contribution >= 4 is 5.91 Å². The van der Waals surface area contributed by atoms with E-state index in [0.29, 0.717) is 18.7 Å². The monoisotopic (exact) mass is 327 g/mol. The summed E-state index contributed by atoms with van der Waals surface area (Å²) in [6.07, 6.45) is 3.51. The van der Waals surface area contributed by atoms with Gasteiger partial charge in [-0.15, -0.1) is 0 Å². The second-order valence-electron chi connectivity index (χ2n) is 5.46. The third-order valence-corrected chi connectivity index (χ3v) is 3.85. The molecule has 1 N–H and O–H groups in total. The van der Waals surface area contributed by atoms with Crippen molar-refractivity contribution in [2.45, 2.75) is 20.5 Å². The molecule has 0 unspecified atom stereocenters. The number of pyridine rings is 1. The van der Waals surface area contributed by atoms with Crippen LogP contribution in [0, 0.1) is 0 Å². The number of hydrogen-bond acceptors (Lipinski definition) is 4. The van der Waals surface area contributed by atoms with Gasteiger partial charge in [0, 0.05) is 36.6 Å². The molecule has 0 spiro atoms. The summed E-state index contributed by atoms with van der Waals surface area (Å²) in [4.78, 5) is 18.4. The number of benzene rings is 1. The summed E-state index contributed by atoms with van der Waals surface area (Å²) in [5.74, 6) is 0.680. The Bertz CT molecular complexity index is 610. The van der Waals surface area contributed by atoms with Crippen LogP contribution in [0.3, 0.4) is 0 Å². The van der Waals surface area contributed by atoms with Gasteiger partial charge in [-0.3, -0.25) is 9.78 Å². The van der Waals surface area contributed by atoms with Crippen LogP contribution in [0.15, 0.2) is 48.8 Å². The lowest BCUT2D eigenvalue weighted by Crippen LogP contribution is -2.34. The lowest BCUT2D eigenvalue weighted by atomic mass is 10.2. The fourth-order valence-electron chi connectivity index (χ4n) is 2.32. The summed E-state index contributed by atoms with van der Waals surface area (Å²) in [5.41, 5.74) is 1.65. The predicted octanol–water partition coefficient (Wildman–Crippen LogP) is 2.73. The van der Waals surface area contributed by atoms with Crippen molar-refractivity contribution in [1.29, 1.82) is 0 Å². The fourth-order valence-corrected chi connectivity index (χ4v) is 2.32. The van der Waals surface area contributed by atoms with Gasteiger partial charge in [-0.05, 0) is 43.4 Å². The van der Waals surface area contributed by atoms with Gasteiger partial charge < -0.3 is 15.0 Å². The number of rotatable bonds is 9. The van der Waals surface area contributed by atoms with Crippen LogP contribution in [0.25, 0.3) is 0 Å². The lowest BCUT2D eigenvalue weighted by molar-refractivity contribution is 0.0949. The second-order valence-corrected chi connectivity index (χ2v) is 5.46. The molecule has 0 aliphatic heterocycles. The average Bonchev–Trinajstić information content (AvgIpc) is 2.64. The molecule has 0 saturated carbocycles. The zero-order valence-electron chi connectivity index (χ0n) is 14.4. The maximum atomic E-state index is 12.1. The lowest BCUT2D eigenvalue weighted by Gasteiger charge is -2.17. The standard InChI is InChI=1S/C19H25N3O2/c1-3-22(4-2)13-12-21-19(23)17-7-9-18(10-8-17)24-15-16-6-5-11-20-14-16/h5-11,14H,3-4,12-13,15H2,1-2H3,(H,21,23). The van der Waals surface area contributed by atoms with Gasteiger partial charge in [0.25, 0.3) is 5.91 Å². The fraction of sp³-hybridized carbons (Fsp3) is 0.368. The van der Waals surface area contributed by atoms with Crippen LogP contribution < -0.4 is 10.1 Å². The van der Waals surface area contributed by atoms with E-state index >= 15 is 0 Å². The highest BCUT2D eigenvalue weighted by Crippen LogP contribution is 2.14. The zero-order valence-corrected chi connectivity index (χ0v) is 14.4. The highest BCUT2D eigenvalue weighted by molar-refractivity contribution is 5.94. The molecule has 0 radical (unpaired) electrons. The van der Waals surface area contributed by atoms with Crippen molar-refractivity contribution in [2.24, 2.45) is 0 Å².